The Kier molecular flexibility index (Phi) is 15.0. The molecule has 4 aromatic carbocycles. The van der Waals surface area contributed by atoms with Crippen LogP contribution in [-0.4, -0.2) is 24.1 Å². The monoisotopic (exact) mass is 701 g/mol. The lowest BCUT2D eigenvalue weighted by molar-refractivity contribution is 0.244. The predicted octanol–water partition coefficient (Wildman–Crippen LogP) is 11.3. The number of urea groups is 1. The van der Waals surface area contributed by atoms with E-state index in [1.54, 1.807) is 11.3 Å². The van der Waals surface area contributed by atoms with Crippen LogP contribution >= 0.6 is 11.3 Å². The van der Waals surface area contributed by atoms with E-state index in [-0.39, 0.29) is 6.03 Å². The van der Waals surface area contributed by atoms with Gasteiger partial charge in [0.05, 0.1) is 0 Å². The van der Waals surface area contributed by atoms with Crippen molar-refractivity contribution in [2.75, 3.05) is 17.7 Å². The summed E-state index contributed by atoms with van der Waals surface area (Å²) < 4.78 is 0. The van der Waals surface area contributed by atoms with E-state index < -0.39 is 0 Å². The first-order chi connectivity index (χ1) is 24.5. The molecule has 6 rings (SSSR count). The molecule has 1 fully saturated rings. The van der Waals surface area contributed by atoms with Gasteiger partial charge in [0.1, 0.15) is 5.01 Å². The van der Waals surface area contributed by atoms with E-state index >= 15 is 0 Å². The fraction of sp³-hybridized carbons (Fsp3) is 0.318. The smallest absolute Gasteiger partial charge is 0.319 e. The first kappa shape index (κ1) is 39.1. The Morgan fingerprint density at radius 1 is 0.784 bits per heavy atom. The van der Waals surface area contributed by atoms with Crippen LogP contribution in [0.25, 0.3) is 16.3 Å². The van der Waals surface area contributed by atoms with E-state index in [4.69, 9.17) is 0 Å². The van der Waals surface area contributed by atoms with Gasteiger partial charge in [-0.05, 0) is 124 Å². The number of aryl methyl sites for hydroxylation is 5. The highest BCUT2D eigenvalue weighted by atomic mass is 32.1. The van der Waals surface area contributed by atoms with Crippen molar-refractivity contribution in [3.63, 3.8) is 0 Å². The number of hydrogen-bond donors (Lipinski definition) is 4. The minimum absolute atomic E-state index is 0.0786. The maximum absolute atomic E-state index is 11.9. The zero-order chi connectivity index (χ0) is 36.8. The van der Waals surface area contributed by atoms with Crippen molar-refractivity contribution >= 4 is 34.4 Å². The minimum Gasteiger partial charge on any atom is -0.355 e. The van der Waals surface area contributed by atoms with E-state index in [9.17, 15) is 4.79 Å². The number of rotatable bonds is 8. The van der Waals surface area contributed by atoms with Gasteiger partial charge in [-0.25, -0.2) is 9.78 Å². The zero-order valence-corrected chi connectivity index (χ0v) is 32.3. The van der Waals surface area contributed by atoms with Crippen LogP contribution in [-0.2, 0) is 6.54 Å². The number of carbonyl (C=O) groups is 1. The summed E-state index contributed by atoms with van der Waals surface area (Å²) in [6.45, 7) is 17.8. The lowest BCUT2D eigenvalue weighted by atomic mass is 9.96. The normalized spacial score (nSPS) is 12.5. The molecule has 0 spiro atoms. The third kappa shape index (κ3) is 12.2. The second-order valence-electron chi connectivity index (χ2n) is 13.4. The standard InChI is InChI=1S/C19H18N2S.C15H22N2O.C10H15N/c1-13-5-4-6-18(14(13)2)21-15(3)16-7-9-17(10-8-16)19-20-11-12-22-19;1-11-8-9-14(10-12(11)2)17-15(18)16-13-6-4-3-5-7-13;1-8-4-5-10(7-11-3)6-9(8)2/h4-12,21H,3H2,1-2H3;8-10,13H,3-7H2,1-2H3,(H2,16,17,18);4-6,11H,7H2,1-3H3. The molecule has 1 aliphatic carbocycles. The third-order valence-electron chi connectivity index (χ3n) is 9.46. The predicted molar refractivity (Wildman–Crippen MR) is 220 cm³/mol. The molecule has 4 N–H and O–H groups in total. The molecule has 1 aromatic heterocycles. The van der Waals surface area contributed by atoms with Gasteiger partial charge in [0.25, 0.3) is 0 Å². The summed E-state index contributed by atoms with van der Waals surface area (Å²) in [7, 11) is 1.97. The molecular weight excluding hydrogens is 647 g/mol. The molecule has 51 heavy (non-hydrogen) atoms. The molecule has 0 aliphatic heterocycles. The van der Waals surface area contributed by atoms with E-state index in [0.29, 0.717) is 6.04 Å². The second-order valence-corrected chi connectivity index (χ2v) is 14.3. The number of hydrogen-bond acceptors (Lipinski definition) is 5. The largest absolute Gasteiger partial charge is 0.355 e. The van der Waals surface area contributed by atoms with Crippen LogP contribution in [0.4, 0.5) is 16.2 Å². The first-order valence-corrected chi connectivity index (χ1v) is 18.8. The molecule has 268 valence electrons. The lowest BCUT2D eigenvalue weighted by Gasteiger charge is -2.22. The van der Waals surface area contributed by atoms with Crippen molar-refractivity contribution in [2.45, 2.75) is 86.2 Å². The molecule has 7 heteroatoms. The Labute approximate surface area is 309 Å². The minimum atomic E-state index is -0.0786. The summed E-state index contributed by atoms with van der Waals surface area (Å²) in [6, 6.07) is 27.4. The Bertz CT molecular complexity index is 1860. The van der Waals surface area contributed by atoms with Gasteiger partial charge in [-0.1, -0.05) is 86.5 Å². The summed E-state index contributed by atoms with van der Waals surface area (Å²) in [5, 5.41) is 15.5. The maximum atomic E-state index is 11.9. The number of aromatic nitrogens is 1. The number of carbonyl (C=O) groups excluding carboxylic acids is 1. The summed E-state index contributed by atoms with van der Waals surface area (Å²) in [6.07, 6.45) is 7.82. The van der Waals surface area contributed by atoms with Gasteiger partial charge >= 0.3 is 6.03 Å². The van der Waals surface area contributed by atoms with Crippen LogP contribution < -0.4 is 21.3 Å². The quantitative estimate of drug-likeness (QED) is 0.130. The molecule has 0 bridgehead atoms. The summed E-state index contributed by atoms with van der Waals surface area (Å²) in [5.74, 6) is 0. The van der Waals surface area contributed by atoms with Crippen LogP contribution in [0.15, 0.2) is 97.0 Å². The highest BCUT2D eigenvalue weighted by molar-refractivity contribution is 7.13. The van der Waals surface area contributed by atoms with Crippen molar-refractivity contribution in [1.82, 2.24) is 15.6 Å². The topological polar surface area (TPSA) is 78.1 Å². The number of nitrogens with zero attached hydrogens (tertiary/aromatic N) is 1. The number of anilines is 2. The fourth-order valence-electron chi connectivity index (χ4n) is 5.84. The van der Waals surface area contributed by atoms with Crippen molar-refractivity contribution < 1.29 is 4.79 Å². The van der Waals surface area contributed by atoms with Crippen LogP contribution in [0.1, 0.15) is 76.6 Å². The maximum Gasteiger partial charge on any atom is 0.319 e. The Hall–Kier alpha value is -4.72. The van der Waals surface area contributed by atoms with E-state index in [2.05, 4.69) is 135 Å². The van der Waals surface area contributed by atoms with Crippen LogP contribution in [0.3, 0.4) is 0 Å². The van der Waals surface area contributed by atoms with E-state index in [1.807, 2.05) is 36.8 Å². The van der Waals surface area contributed by atoms with Crippen LogP contribution in [0.2, 0.25) is 0 Å². The number of amides is 2. The number of thiazole rings is 1. The molecule has 0 atom stereocenters. The highest BCUT2D eigenvalue weighted by Crippen LogP contribution is 2.26. The highest BCUT2D eigenvalue weighted by Gasteiger charge is 2.15. The van der Waals surface area contributed by atoms with E-state index in [1.165, 1.54) is 58.2 Å². The Balaban J connectivity index is 0.000000181. The van der Waals surface area contributed by atoms with Gasteiger partial charge in [-0.3, -0.25) is 0 Å². The molecule has 0 unspecified atom stereocenters. The Morgan fingerprint density at radius 3 is 2.10 bits per heavy atom. The summed E-state index contributed by atoms with van der Waals surface area (Å²) in [5.41, 5.74) is 14.2. The van der Waals surface area contributed by atoms with Crippen molar-refractivity contribution in [1.29, 1.82) is 0 Å². The van der Waals surface area contributed by atoms with Gasteiger partial charge in [-0.2, -0.15) is 0 Å². The van der Waals surface area contributed by atoms with E-state index in [0.717, 1.165) is 52.6 Å². The van der Waals surface area contributed by atoms with Gasteiger partial charge < -0.3 is 21.3 Å². The van der Waals surface area contributed by atoms with Crippen molar-refractivity contribution in [3.05, 3.63) is 142 Å². The molecule has 0 saturated heterocycles. The first-order valence-electron chi connectivity index (χ1n) is 17.9. The van der Waals surface area contributed by atoms with Gasteiger partial charge in [-0.15, -0.1) is 11.3 Å². The number of nitrogens with one attached hydrogen (secondary N) is 4. The fourth-order valence-corrected chi connectivity index (χ4v) is 6.48. The van der Waals surface area contributed by atoms with Crippen LogP contribution in [0, 0.1) is 41.5 Å². The molecular formula is C44H55N5OS. The molecule has 1 aliphatic rings. The third-order valence-corrected chi connectivity index (χ3v) is 10.3. The van der Waals surface area contributed by atoms with Crippen molar-refractivity contribution in [2.24, 2.45) is 0 Å². The lowest BCUT2D eigenvalue weighted by Crippen LogP contribution is -2.39. The summed E-state index contributed by atoms with van der Waals surface area (Å²) >= 11 is 1.65. The molecule has 5 aromatic rings. The molecule has 1 heterocycles. The summed E-state index contributed by atoms with van der Waals surface area (Å²) in [4.78, 5) is 16.2. The Morgan fingerprint density at radius 2 is 1.47 bits per heavy atom. The molecule has 2 amide bonds. The average Bonchev–Trinajstić information content (AvgIpc) is 3.67. The van der Waals surface area contributed by atoms with Gasteiger partial charge in [0, 0.05) is 46.8 Å². The molecule has 6 nitrogen and oxygen atoms in total. The van der Waals surface area contributed by atoms with Crippen LogP contribution in [0.5, 0.6) is 0 Å². The SMILES string of the molecule is C=C(Nc1cccc(C)c1C)c1ccc(-c2nccs2)cc1.CNCc1ccc(C)c(C)c1.Cc1ccc(NC(=O)NC2CCCCC2)cc1C. The van der Waals surface area contributed by atoms with Gasteiger partial charge in [0.15, 0.2) is 0 Å². The van der Waals surface area contributed by atoms with Gasteiger partial charge in [0.2, 0.25) is 0 Å². The second kappa shape index (κ2) is 19.6. The molecule has 0 radical (unpaired) electrons. The zero-order valence-electron chi connectivity index (χ0n) is 31.5. The number of benzene rings is 4. The molecule has 1 saturated carbocycles. The van der Waals surface area contributed by atoms with Crippen molar-refractivity contribution in [3.8, 4) is 10.6 Å². The average molecular weight is 702 g/mol.